The van der Waals surface area contributed by atoms with Crippen LogP contribution in [-0.4, -0.2) is 17.3 Å². The van der Waals surface area contributed by atoms with Gasteiger partial charge in [-0.1, -0.05) is 0 Å². The van der Waals surface area contributed by atoms with Crippen LogP contribution in [0, 0.1) is 10.1 Å². The van der Waals surface area contributed by atoms with Crippen molar-refractivity contribution in [3.8, 4) is 5.75 Å². The zero-order valence-corrected chi connectivity index (χ0v) is 7.88. The molecule has 0 saturated heterocycles. The number of nitro benzene ring substituents is 1. The molecule has 15 heavy (non-hydrogen) atoms. The van der Waals surface area contributed by atoms with Crippen molar-refractivity contribution >= 4 is 12.0 Å². The van der Waals surface area contributed by atoms with Crippen molar-refractivity contribution in [3.05, 3.63) is 33.9 Å². The standard InChI is InChI=1S/C10H9NO4/c12-6-7-5-8(11(13)14)1-4-10(7)15-9-2-3-9/h1,4-6,9H,2-3H2. The van der Waals surface area contributed by atoms with Crippen LogP contribution in [0.15, 0.2) is 18.2 Å². The van der Waals surface area contributed by atoms with Gasteiger partial charge < -0.3 is 4.74 Å². The number of hydrogen-bond acceptors (Lipinski definition) is 4. The number of aldehydes is 1. The lowest BCUT2D eigenvalue weighted by atomic mass is 10.2. The lowest BCUT2D eigenvalue weighted by molar-refractivity contribution is -0.384. The van der Waals surface area contributed by atoms with Crippen molar-refractivity contribution in [1.82, 2.24) is 0 Å². The third-order valence-corrected chi connectivity index (χ3v) is 2.15. The van der Waals surface area contributed by atoms with Crippen molar-refractivity contribution in [3.63, 3.8) is 0 Å². The molecule has 0 bridgehead atoms. The van der Waals surface area contributed by atoms with Gasteiger partial charge in [0.15, 0.2) is 6.29 Å². The minimum atomic E-state index is -0.534. The van der Waals surface area contributed by atoms with Crippen LogP contribution in [-0.2, 0) is 0 Å². The van der Waals surface area contributed by atoms with E-state index in [2.05, 4.69) is 0 Å². The Morgan fingerprint density at radius 1 is 1.47 bits per heavy atom. The van der Waals surface area contributed by atoms with Crippen LogP contribution in [0.25, 0.3) is 0 Å². The molecule has 0 aromatic heterocycles. The Morgan fingerprint density at radius 3 is 2.73 bits per heavy atom. The lowest BCUT2D eigenvalue weighted by Crippen LogP contribution is -2.00. The minimum Gasteiger partial charge on any atom is -0.490 e. The number of nitro groups is 1. The molecular formula is C10H9NO4. The molecule has 1 fully saturated rings. The van der Waals surface area contributed by atoms with E-state index in [0.717, 1.165) is 12.8 Å². The maximum absolute atomic E-state index is 10.7. The van der Waals surface area contributed by atoms with Gasteiger partial charge in [-0.05, 0) is 18.9 Å². The van der Waals surface area contributed by atoms with Crippen molar-refractivity contribution in [2.24, 2.45) is 0 Å². The number of ether oxygens (including phenoxy) is 1. The SMILES string of the molecule is O=Cc1cc([N+](=O)[O-])ccc1OC1CC1. The van der Waals surface area contributed by atoms with E-state index in [0.29, 0.717) is 12.0 Å². The van der Waals surface area contributed by atoms with Crippen LogP contribution in [0.4, 0.5) is 5.69 Å². The summed E-state index contributed by atoms with van der Waals surface area (Å²) in [6, 6.07) is 4.04. The molecule has 78 valence electrons. The Labute approximate surface area is 85.8 Å². The third kappa shape index (κ3) is 2.12. The number of rotatable bonds is 4. The van der Waals surface area contributed by atoms with Crippen LogP contribution >= 0.6 is 0 Å². The highest BCUT2D eigenvalue weighted by atomic mass is 16.6. The van der Waals surface area contributed by atoms with Crippen LogP contribution in [0.1, 0.15) is 23.2 Å². The second kappa shape index (κ2) is 3.68. The van der Waals surface area contributed by atoms with Crippen LogP contribution in [0.2, 0.25) is 0 Å². The molecule has 2 rings (SSSR count). The summed E-state index contributed by atoms with van der Waals surface area (Å²) in [6.45, 7) is 0. The van der Waals surface area contributed by atoms with Gasteiger partial charge in [0.1, 0.15) is 5.75 Å². The normalized spacial score (nSPS) is 14.7. The van der Waals surface area contributed by atoms with Gasteiger partial charge in [-0.15, -0.1) is 0 Å². The molecule has 0 unspecified atom stereocenters. The predicted octanol–water partition coefficient (Wildman–Crippen LogP) is 1.95. The number of carbonyl (C=O) groups is 1. The minimum absolute atomic E-state index is 0.0970. The van der Waals surface area contributed by atoms with Gasteiger partial charge in [-0.2, -0.15) is 0 Å². The van der Waals surface area contributed by atoms with E-state index in [4.69, 9.17) is 4.74 Å². The molecule has 1 aromatic carbocycles. The van der Waals surface area contributed by atoms with Gasteiger partial charge in [0, 0.05) is 12.1 Å². The third-order valence-electron chi connectivity index (χ3n) is 2.15. The van der Waals surface area contributed by atoms with E-state index in [1.54, 1.807) is 0 Å². The monoisotopic (exact) mass is 207 g/mol. The molecule has 0 amide bonds. The molecule has 0 heterocycles. The summed E-state index contributed by atoms with van der Waals surface area (Å²) >= 11 is 0. The van der Waals surface area contributed by atoms with E-state index in [9.17, 15) is 14.9 Å². The van der Waals surface area contributed by atoms with Gasteiger partial charge in [0.05, 0.1) is 16.6 Å². The molecule has 0 radical (unpaired) electrons. The number of benzene rings is 1. The van der Waals surface area contributed by atoms with Gasteiger partial charge in [-0.3, -0.25) is 14.9 Å². The first-order chi connectivity index (χ1) is 7.20. The Hall–Kier alpha value is -1.91. The fourth-order valence-electron chi connectivity index (χ4n) is 1.21. The van der Waals surface area contributed by atoms with Gasteiger partial charge in [0.2, 0.25) is 0 Å². The maximum Gasteiger partial charge on any atom is 0.270 e. The number of hydrogen-bond donors (Lipinski definition) is 0. The molecule has 0 spiro atoms. The number of non-ortho nitro benzene ring substituents is 1. The highest BCUT2D eigenvalue weighted by Gasteiger charge is 2.25. The van der Waals surface area contributed by atoms with E-state index in [1.807, 2.05) is 0 Å². The van der Waals surface area contributed by atoms with Crippen LogP contribution in [0.3, 0.4) is 0 Å². The fourth-order valence-corrected chi connectivity index (χ4v) is 1.21. The quantitative estimate of drug-likeness (QED) is 0.430. The average molecular weight is 207 g/mol. The number of carbonyl (C=O) groups excluding carboxylic acids is 1. The molecule has 0 N–H and O–H groups in total. The summed E-state index contributed by atoms with van der Waals surface area (Å²) in [6.07, 6.45) is 2.71. The smallest absolute Gasteiger partial charge is 0.270 e. The summed E-state index contributed by atoms with van der Waals surface area (Å²) in [4.78, 5) is 20.6. The maximum atomic E-state index is 10.7. The molecule has 1 aromatic rings. The summed E-state index contributed by atoms with van der Waals surface area (Å²) in [5.41, 5.74) is 0.136. The highest BCUT2D eigenvalue weighted by molar-refractivity contribution is 5.80. The number of nitrogens with zero attached hydrogens (tertiary/aromatic N) is 1. The topological polar surface area (TPSA) is 69.4 Å². The van der Waals surface area contributed by atoms with E-state index in [-0.39, 0.29) is 17.4 Å². The molecule has 1 aliphatic rings. The molecule has 1 aliphatic carbocycles. The van der Waals surface area contributed by atoms with Crippen LogP contribution < -0.4 is 4.74 Å². The van der Waals surface area contributed by atoms with Gasteiger partial charge in [-0.25, -0.2) is 0 Å². The van der Waals surface area contributed by atoms with E-state index < -0.39 is 4.92 Å². The van der Waals surface area contributed by atoms with E-state index in [1.165, 1.54) is 18.2 Å². The van der Waals surface area contributed by atoms with Crippen LogP contribution in [0.5, 0.6) is 5.75 Å². The molecule has 0 aliphatic heterocycles. The molecule has 5 heteroatoms. The summed E-state index contributed by atoms with van der Waals surface area (Å²) < 4.78 is 5.43. The average Bonchev–Trinajstić information content (AvgIpc) is 3.02. The molecule has 0 atom stereocenters. The zero-order chi connectivity index (χ0) is 10.8. The first kappa shape index (κ1) is 9.64. The Morgan fingerprint density at radius 2 is 2.20 bits per heavy atom. The second-order valence-corrected chi connectivity index (χ2v) is 3.41. The van der Waals surface area contributed by atoms with Crippen molar-refractivity contribution in [1.29, 1.82) is 0 Å². The molecule has 1 saturated carbocycles. The Balaban J connectivity index is 2.29. The fraction of sp³-hybridized carbons (Fsp3) is 0.300. The molecule has 5 nitrogen and oxygen atoms in total. The van der Waals surface area contributed by atoms with Gasteiger partial charge in [0.25, 0.3) is 5.69 Å². The Kier molecular flexibility index (Phi) is 2.37. The van der Waals surface area contributed by atoms with Crippen molar-refractivity contribution in [2.75, 3.05) is 0 Å². The Bertz CT molecular complexity index is 412. The summed E-state index contributed by atoms with van der Waals surface area (Å²) in [7, 11) is 0. The largest absolute Gasteiger partial charge is 0.490 e. The van der Waals surface area contributed by atoms with Crippen molar-refractivity contribution < 1.29 is 14.5 Å². The lowest BCUT2D eigenvalue weighted by Gasteiger charge is -2.05. The molecular weight excluding hydrogens is 198 g/mol. The predicted molar refractivity (Wildman–Crippen MR) is 52.1 cm³/mol. The first-order valence-corrected chi connectivity index (χ1v) is 4.61. The first-order valence-electron chi connectivity index (χ1n) is 4.61. The van der Waals surface area contributed by atoms with E-state index >= 15 is 0 Å². The summed E-state index contributed by atoms with van der Waals surface area (Å²) in [5.74, 6) is 0.429. The highest BCUT2D eigenvalue weighted by Crippen LogP contribution is 2.30. The summed E-state index contributed by atoms with van der Waals surface area (Å²) in [5, 5.41) is 10.5. The van der Waals surface area contributed by atoms with Gasteiger partial charge >= 0.3 is 0 Å². The zero-order valence-electron chi connectivity index (χ0n) is 7.88. The second-order valence-electron chi connectivity index (χ2n) is 3.41. The van der Waals surface area contributed by atoms with Crippen molar-refractivity contribution in [2.45, 2.75) is 18.9 Å².